The van der Waals surface area contributed by atoms with E-state index in [1.54, 1.807) is 24.3 Å². The van der Waals surface area contributed by atoms with Crippen LogP contribution in [0.1, 0.15) is 44.9 Å². The molecule has 32 heavy (non-hydrogen) atoms. The van der Waals surface area contributed by atoms with Gasteiger partial charge in [-0.15, -0.1) is 12.4 Å². The van der Waals surface area contributed by atoms with Crippen LogP contribution >= 0.6 is 12.4 Å². The van der Waals surface area contributed by atoms with Gasteiger partial charge in [0.15, 0.2) is 17.9 Å². The number of ether oxygens (including phenoxy) is 1. The third kappa shape index (κ3) is 15.6. The zero-order valence-electron chi connectivity index (χ0n) is 18.3. The van der Waals surface area contributed by atoms with E-state index in [-0.39, 0.29) is 36.2 Å². The SMILES string of the molecule is Cl.NC(N)=NCCCCCCCC(=O)NC(N)=NCCCOc1ccc(N=C(N)N)cc1. The maximum Gasteiger partial charge on any atom is 0.226 e. The first-order valence-corrected chi connectivity index (χ1v) is 10.3. The lowest BCUT2D eigenvalue weighted by molar-refractivity contribution is -0.119. The van der Waals surface area contributed by atoms with E-state index in [2.05, 4.69) is 20.3 Å². The third-order valence-corrected chi connectivity index (χ3v) is 4.07. The van der Waals surface area contributed by atoms with Crippen molar-refractivity contribution < 1.29 is 9.53 Å². The molecule has 1 amide bonds. The van der Waals surface area contributed by atoms with Crippen molar-refractivity contribution in [3.63, 3.8) is 0 Å². The quantitative estimate of drug-likeness (QED) is 0.131. The Hall–Kier alpha value is -3.21. The number of carbonyl (C=O) groups is 1. The van der Waals surface area contributed by atoms with Crippen molar-refractivity contribution in [3.8, 4) is 5.75 Å². The molecule has 0 aliphatic carbocycles. The normalized spacial score (nSPS) is 10.6. The Kier molecular flexibility index (Phi) is 15.7. The van der Waals surface area contributed by atoms with Crippen LogP contribution < -0.4 is 38.7 Å². The Morgan fingerprint density at radius 1 is 0.812 bits per heavy atom. The van der Waals surface area contributed by atoms with Gasteiger partial charge in [0.05, 0.1) is 12.3 Å². The second kappa shape index (κ2) is 17.5. The molecule has 11 N–H and O–H groups in total. The molecule has 12 heteroatoms. The molecule has 1 aromatic rings. The molecule has 0 aromatic heterocycles. The fraction of sp³-hybridized carbons (Fsp3) is 0.500. The van der Waals surface area contributed by atoms with Crippen LogP contribution in [0.25, 0.3) is 0 Å². The van der Waals surface area contributed by atoms with Crippen molar-refractivity contribution in [1.29, 1.82) is 0 Å². The first kappa shape index (κ1) is 28.8. The summed E-state index contributed by atoms with van der Waals surface area (Å²) in [6.45, 7) is 1.57. The van der Waals surface area contributed by atoms with Crippen molar-refractivity contribution in [3.05, 3.63) is 24.3 Å². The van der Waals surface area contributed by atoms with E-state index in [9.17, 15) is 4.79 Å². The van der Waals surface area contributed by atoms with Crippen molar-refractivity contribution in [2.75, 3.05) is 19.7 Å². The summed E-state index contributed by atoms with van der Waals surface area (Å²) in [4.78, 5) is 23.9. The van der Waals surface area contributed by atoms with Gasteiger partial charge in [-0.3, -0.25) is 20.1 Å². The van der Waals surface area contributed by atoms with Crippen LogP contribution in [-0.2, 0) is 4.79 Å². The van der Waals surface area contributed by atoms with Gasteiger partial charge in [-0.25, -0.2) is 4.99 Å². The molecule has 1 aromatic carbocycles. The lowest BCUT2D eigenvalue weighted by Crippen LogP contribution is -2.36. The van der Waals surface area contributed by atoms with Crippen molar-refractivity contribution in [1.82, 2.24) is 5.32 Å². The van der Waals surface area contributed by atoms with Gasteiger partial charge in [-0.2, -0.15) is 0 Å². The molecule has 0 radical (unpaired) electrons. The van der Waals surface area contributed by atoms with Gasteiger partial charge in [-0.1, -0.05) is 19.3 Å². The number of nitrogens with zero attached hydrogens (tertiary/aromatic N) is 3. The smallest absolute Gasteiger partial charge is 0.226 e. The highest BCUT2D eigenvalue weighted by molar-refractivity contribution is 5.96. The van der Waals surface area contributed by atoms with Crippen LogP contribution in [0.4, 0.5) is 5.69 Å². The van der Waals surface area contributed by atoms with Crippen LogP contribution in [0.5, 0.6) is 5.75 Å². The van der Waals surface area contributed by atoms with E-state index in [1.807, 2.05) is 0 Å². The highest BCUT2D eigenvalue weighted by Gasteiger charge is 2.03. The minimum absolute atomic E-state index is 0. The monoisotopic (exact) mass is 469 g/mol. The van der Waals surface area contributed by atoms with E-state index in [1.165, 1.54) is 0 Å². The Bertz CT molecular complexity index is 744. The fourth-order valence-electron chi connectivity index (χ4n) is 2.60. The highest BCUT2D eigenvalue weighted by Crippen LogP contribution is 2.17. The van der Waals surface area contributed by atoms with Gasteiger partial charge in [0.1, 0.15) is 5.75 Å². The van der Waals surface area contributed by atoms with Gasteiger partial charge >= 0.3 is 0 Å². The Morgan fingerprint density at radius 3 is 2.09 bits per heavy atom. The van der Waals surface area contributed by atoms with Gasteiger partial charge in [-0.05, 0) is 37.1 Å². The molecule has 1 rings (SSSR count). The first-order valence-electron chi connectivity index (χ1n) is 10.3. The van der Waals surface area contributed by atoms with E-state index in [0.29, 0.717) is 44.0 Å². The summed E-state index contributed by atoms with van der Waals surface area (Å²) in [7, 11) is 0. The summed E-state index contributed by atoms with van der Waals surface area (Å²) in [5.41, 5.74) is 27.6. The predicted molar refractivity (Wildman–Crippen MR) is 132 cm³/mol. The van der Waals surface area contributed by atoms with Crippen molar-refractivity contribution in [2.24, 2.45) is 43.6 Å². The molecular formula is C20H36ClN9O2. The van der Waals surface area contributed by atoms with E-state index >= 15 is 0 Å². The number of guanidine groups is 3. The lowest BCUT2D eigenvalue weighted by atomic mass is 10.1. The zero-order valence-corrected chi connectivity index (χ0v) is 19.2. The minimum atomic E-state index is -0.126. The lowest BCUT2D eigenvalue weighted by Gasteiger charge is -2.06. The maximum atomic E-state index is 11.9. The topological polar surface area (TPSA) is 206 Å². The number of nitrogens with one attached hydrogen (secondary N) is 1. The number of nitrogens with two attached hydrogens (primary N) is 5. The van der Waals surface area contributed by atoms with Crippen LogP contribution in [0.2, 0.25) is 0 Å². The molecule has 0 unspecified atom stereocenters. The molecule has 0 saturated heterocycles. The highest BCUT2D eigenvalue weighted by atomic mass is 35.5. The number of rotatable bonds is 14. The molecule has 0 atom stereocenters. The van der Waals surface area contributed by atoms with E-state index in [0.717, 1.165) is 32.1 Å². The van der Waals surface area contributed by atoms with Crippen LogP contribution in [0.3, 0.4) is 0 Å². The summed E-state index contributed by atoms with van der Waals surface area (Å²) in [5, 5.41) is 2.60. The number of amides is 1. The number of halogens is 1. The Balaban J connectivity index is 0.00000961. The second-order valence-corrected chi connectivity index (χ2v) is 6.87. The Labute approximate surface area is 195 Å². The molecule has 0 fully saturated rings. The molecular weight excluding hydrogens is 434 g/mol. The molecule has 11 nitrogen and oxygen atoms in total. The zero-order chi connectivity index (χ0) is 22.9. The molecule has 0 spiro atoms. The third-order valence-electron chi connectivity index (χ3n) is 4.07. The number of hydrogen-bond acceptors (Lipinski definition) is 5. The fourth-order valence-corrected chi connectivity index (χ4v) is 2.60. The summed E-state index contributed by atoms with van der Waals surface area (Å²) in [6.07, 6.45) is 5.86. The average molecular weight is 470 g/mol. The van der Waals surface area contributed by atoms with Gasteiger partial charge in [0, 0.05) is 25.9 Å². The molecule has 0 bridgehead atoms. The molecule has 0 heterocycles. The van der Waals surface area contributed by atoms with E-state index < -0.39 is 0 Å². The minimum Gasteiger partial charge on any atom is -0.494 e. The average Bonchev–Trinajstić information content (AvgIpc) is 2.70. The largest absolute Gasteiger partial charge is 0.494 e. The Morgan fingerprint density at radius 2 is 1.44 bits per heavy atom. The number of hydrogen-bond donors (Lipinski definition) is 6. The van der Waals surface area contributed by atoms with E-state index in [4.69, 9.17) is 33.4 Å². The molecule has 0 aliphatic rings. The summed E-state index contributed by atoms with van der Waals surface area (Å²) < 4.78 is 5.61. The molecule has 180 valence electrons. The number of benzene rings is 1. The number of carbonyl (C=O) groups excluding carboxylic acids is 1. The van der Waals surface area contributed by atoms with Gasteiger partial charge < -0.3 is 33.4 Å². The predicted octanol–water partition coefficient (Wildman–Crippen LogP) is 0.827. The van der Waals surface area contributed by atoms with Crippen LogP contribution in [-0.4, -0.2) is 43.5 Å². The summed E-state index contributed by atoms with van der Waals surface area (Å²) in [6, 6.07) is 7.08. The van der Waals surface area contributed by atoms with Crippen LogP contribution in [0.15, 0.2) is 39.2 Å². The van der Waals surface area contributed by atoms with Gasteiger partial charge in [0.2, 0.25) is 5.91 Å². The second-order valence-electron chi connectivity index (χ2n) is 6.87. The van der Waals surface area contributed by atoms with Crippen LogP contribution in [0, 0.1) is 0 Å². The van der Waals surface area contributed by atoms with Gasteiger partial charge in [0.25, 0.3) is 0 Å². The van der Waals surface area contributed by atoms with Crippen molar-refractivity contribution >= 4 is 41.9 Å². The molecule has 0 aliphatic heterocycles. The standard InChI is InChI=1S/C20H35N9O2.ClH/c21-18(22)26-12-5-3-1-2-4-7-17(30)29-20(25)27-13-6-14-31-16-10-8-15(9-11-16)28-19(23)24;/h8-11H,1-7,12-14H2,(H4,21,22,26)(H4,23,24,28)(H3,25,27,29,30);1H. The summed E-state index contributed by atoms with van der Waals surface area (Å²) >= 11 is 0. The number of unbranched alkanes of at least 4 members (excludes halogenated alkanes) is 4. The molecule has 0 saturated carbocycles. The van der Waals surface area contributed by atoms with Crippen molar-refractivity contribution in [2.45, 2.75) is 44.9 Å². The summed E-state index contributed by atoms with van der Waals surface area (Å²) in [5.74, 6) is 0.838. The number of aliphatic imine (C=N–C) groups is 3. The maximum absolute atomic E-state index is 11.9. The first-order chi connectivity index (χ1) is 14.9.